The van der Waals surface area contributed by atoms with E-state index in [0.29, 0.717) is 5.56 Å². The van der Waals surface area contributed by atoms with Crippen LogP contribution in [0.15, 0.2) is 42.3 Å². The Hall–Kier alpha value is -3.76. The van der Waals surface area contributed by atoms with Crippen LogP contribution in [0.2, 0.25) is 0 Å². The summed E-state index contributed by atoms with van der Waals surface area (Å²) < 4.78 is 32.9. The van der Waals surface area contributed by atoms with Crippen LogP contribution in [0.25, 0.3) is 0 Å². The van der Waals surface area contributed by atoms with Crippen LogP contribution < -0.4 is 16.4 Å². The van der Waals surface area contributed by atoms with Crippen molar-refractivity contribution in [3.8, 4) is 0 Å². The van der Waals surface area contributed by atoms with Crippen molar-refractivity contribution in [2.45, 2.75) is 12.6 Å². The third-order valence-electron chi connectivity index (χ3n) is 3.91. The van der Waals surface area contributed by atoms with Crippen molar-refractivity contribution in [3.63, 3.8) is 0 Å². The van der Waals surface area contributed by atoms with Crippen molar-refractivity contribution in [3.05, 3.63) is 65.2 Å². The molecule has 0 bridgehead atoms. The zero-order valence-corrected chi connectivity index (χ0v) is 14.4. The lowest BCUT2D eigenvalue weighted by molar-refractivity contribution is -0.122. The fraction of sp³-hybridized carbons (Fsp3) is 0.176. The zero-order chi connectivity index (χ0) is 20.3. The van der Waals surface area contributed by atoms with Crippen molar-refractivity contribution in [1.82, 2.24) is 20.2 Å². The zero-order valence-electron chi connectivity index (χ0n) is 14.4. The summed E-state index contributed by atoms with van der Waals surface area (Å²) in [4.78, 5) is 28.4. The van der Waals surface area contributed by atoms with Crippen LogP contribution in [-0.4, -0.2) is 40.2 Å². The number of imidazole rings is 1. The van der Waals surface area contributed by atoms with Crippen LogP contribution in [0, 0.1) is 17.0 Å². The monoisotopic (exact) mass is 390 g/mol. The number of halogens is 2. The lowest BCUT2D eigenvalue weighted by atomic mass is 10.2. The second-order valence-electron chi connectivity index (χ2n) is 5.93. The molecule has 2 aromatic rings. The molecular formula is C17H16F2N6O3. The predicted octanol–water partition coefficient (Wildman–Crippen LogP) is 0.232. The Morgan fingerprint density at radius 2 is 2.25 bits per heavy atom. The molecule has 0 saturated heterocycles. The standard InChI is InChI=1S/C17H16F2N6O3/c18-10-2-1-9(3-11(10)19)5-25-6-13(22-8-25)16(26)24-14-7-28-15(21)12(4-20)23-17(14)27/h1-4,6,8,14,20H,5,7,21H2,(H,23,27)(H,24,26)/t14-/m0/s1. The lowest BCUT2D eigenvalue weighted by Crippen LogP contribution is -2.48. The molecule has 11 heteroatoms. The number of allylic oxidation sites excluding steroid dienone is 1. The van der Waals surface area contributed by atoms with Gasteiger partial charge in [0, 0.05) is 19.0 Å². The van der Waals surface area contributed by atoms with E-state index in [-0.39, 0.29) is 30.4 Å². The molecule has 0 saturated carbocycles. The Bertz CT molecular complexity index is 972. The molecule has 0 unspecified atom stereocenters. The Morgan fingerprint density at radius 1 is 1.46 bits per heavy atom. The smallest absolute Gasteiger partial charge is 0.272 e. The topological polar surface area (TPSA) is 135 Å². The van der Waals surface area contributed by atoms with Gasteiger partial charge in [-0.3, -0.25) is 9.59 Å². The van der Waals surface area contributed by atoms with Crippen molar-refractivity contribution >= 4 is 18.0 Å². The van der Waals surface area contributed by atoms with E-state index in [0.717, 1.165) is 18.3 Å². The quantitative estimate of drug-likeness (QED) is 0.542. The first-order valence-electron chi connectivity index (χ1n) is 8.08. The number of ether oxygens (including phenoxy) is 1. The molecule has 1 atom stereocenters. The molecule has 1 aromatic carbocycles. The maximum atomic E-state index is 13.3. The summed E-state index contributed by atoms with van der Waals surface area (Å²) in [6, 6.07) is 2.45. The first kappa shape index (κ1) is 19.0. The third kappa shape index (κ3) is 4.14. The molecule has 28 heavy (non-hydrogen) atoms. The second kappa shape index (κ2) is 7.86. The van der Waals surface area contributed by atoms with Crippen LogP contribution >= 0.6 is 0 Å². The molecule has 1 aromatic heterocycles. The van der Waals surface area contributed by atoms with Gasteiger partial charge in [-0.25, -0.2) is 13.8 Å². The van der Waals surface area contributed by atoms with Crippen molar-refractivity contribution in [2.24, 2.45) is 5.73 Å². The maximum absolute atomic E-state index is 13.3. The molecule has 1 aliphatic heterocycles. The van der Waals surface area contributed by atoms with Crippen LogP contribution in [0.5, 0.6) is 0 Å². The number of nitrogens with one attached hydrogen (secondary N) is 3. The van der Waals surface area contributed by atoms with E-state index in [4.69, 9.17) is 15.9 Å². The molecule has 1 aliphatic rings. The number of hydrogen-bond acceptors (Lipinski definition) is 6. The molecule has 0 spiro atoms. The molecule has 5 N–H and O–H groups in total. The summed E-state index contributed by atoms with van der Waals surface area (Å²) in [7, 11) is 0. The summed E-state index contributed by atoms with van der Waals surface area (Å²) in [6.45, 7) is -0.0377. The Morgan fingerprint density at radius 3 is 2.96 bits per heavy atom. The molecule has 0 aliphatic carbocycles. The Labute approximate surface area is 157 Å². The van der Waals surface area contributed by atoms with Crippen LogP contribution in [0.1, 0.15) is 16.1 Å². The molecule has 2 heterocycles. The van der Waals surface area contributed by atoms with E-state index in [2.05, 4.69) is 15.6 Å². The number of aromatic nitrogens is 2. The number of carbonyl (C=O) groups excluding carboxylic acids is 2. The van der Waals surface area contributed by atoms with E-state index in [1.165, 1.54) is 23.2 Å². The summed E-state index contributed by atoms with van der Waals surface area (Å²) >= 11 is 0. The lowest BCUT2D eigenvalue weighted by Gasteiger charge is -2.14. The van der Waals surface area contributed by atoms with Gasteiger partial charge in [0.25, 0.3) is 11.8 Å². The van der Waals surface area contributed by atoms with Crippen LogP contribution in [0.4, 0.5) is 8.78 Å². The van der Waals surface area contributed by atoms with E-state index in [1.807, 2.05) is 0 Å². The Kier molecular flexibility index (Phi) is 5.34. The Balaban J connectivity index is 1.65. The highest BCUT2D eigenvalue weighted by molar-refractivity contribution is 5.97. The van der Waals surface area contributed by atoms with Crippen molar-refractivity contribution in [1.29, 1.82) is 5.41 Å². The number of carbonyl (C=O) groups is 2. The summed E-state index contributed by atoms with van der Waals surface area (Å²) in [5.74, 6) is -3.26. The predicted molar refractivity (Wildman–Crippen MR) is 93.0 cm³/mol. The van der Waals surface area contributed by atoms with E-state index >= 15 is 0 Å². The van der Waals surface area contributed by atoms with E-state index in [1.54, 1.807) is 0 Å². The number of nitrogens with two attached hydrogens (primary N) is 1. The molecule has 9 nitrogen and oxygen atoms in total. The average molecular weight is 390 g/mol. The number of hydrogen-bond donors (Lipinski definition) is 4. The molecule has 0 fully saturated rings. The minimum absolute atomic E-state index is 0.00226. The highest BCUT2D eigenvalue weighted by Crippen LogP contribution is 2.11. The van der Waals surface area contributed by atoms with Crippen molar-refractivity contribution in [2.75, 3.05) is 6.61 Å². The summed E-state index contributed by atoms with van der Waals surface area (Å²) in [5, 5.41) is 12.0. The highest BCUT2D eigenvalue weighted by Gasteiger charge is 2.27. The van der Waals surface area contributed by atoms with Gasteiger partial charge in [-0.15, -0.1) is 0 Å². The van der Waals surface area contributed by atoms with Gasteiger partial charge >= 0.3 is 0 Å². The summed E-state index contributed by atoms with van der Waals surface area (Å²) in [5.41, 5.74) is 6.07. The number of rotatable bonds is 5. The first-order valence-corrected chi connectivity index (χ1v) is 8.08. The molecule has 0 radical (unpaired) electrons. The fourth-order valence-corrected chi connectivity index (χ4v) is 2.47. The largest absolute Gasteiger partial charge is 0.475 e. The first-order chi connectivity index (χ1) is 13.4. The van der Waals surface area contributed by atoms with Crippen LogP contribution in [-0.2, 0) is 16.1 Å². The maximum Gasteiger partial charge on any atom is 0.272 e. The van der Waals surface area contributed by atoms with Gasteiger partial charge in [0.2, 0.25) is 5.88 Å². The van der Waals surface area contributed by atoms with Gasteiger partial charge in [-0.05, 0) is 17.7 Å². The van der Waals surface area contributed by atoms with Crippen molar-refractivity contribution < 1.29 is 23.1 Å². The fourth-order valence-electron chi connectivity index (χ4n) is 2.47. The third-order valence-corrected chi connectivity index (χ3v) is 3.91. The number of amides is 2. The summed E-state index contributed by atoms with van der Waals surface area (Å²) in [6.07, 6.45) is 3.59. The van der Waals surface area contributed by atoms with Gasteiger partial charge in [0.1, 0.15) is 24.0 Å². The minimum Gasteiger partial charge on any atom is -0.475 e. The van der Waals surface area contributed by atoms with Gasteiger partial charge in [0.15, 0.2) is 11.6 Å². The van der Waals surface area contributed by atoms with Crippen LogP contribution in [0.3, 0.4) is 0 Å². The molecule has 2 amide bonds. The molecular weight excluding hydrogens is 374 g/mol. The minimum atomic E-state index is -1.04. The highest BCUT2D eigenvalue weighted by atomic mass is 19.2. The van der Waals surface area contributed by atoms with E-state index < -0.39 is 29.5 Å². The van der Waals surface area contributed by atoms with Gasteiger partial charge in [0.05, 0.1) is 6.33 Å². The number of benzene rings is 1. The average Bonchev–Trinajstić information content (AvgIpc) is 3.08. The normalized spacial score (nSPS) is 16.8. The van der Waals surface area contributed by atoms with Gasteiger partial charge in [-0.1, -0.05) is 6.07 Å². The van der Waals surface area contributed by atoms with Gasteiger partial charge in [-0.2, -0.15) is 0 Å². The van der Waals surface area contributed by atoms with E-state index in [9.17, 15) is 18.4 Å². The van der Waals surface area contributed by atoms with Gasteiger partial charge < -0.3 is 31.1 Å². The molecule has 146 valence electrons. The number of nitrogens with zero attached hydrogens (tertiary/aromatic N) is 2. The molecule has 3 rings (SSSR count). The second-order valence-corrected chi connectivity index (χ2v) is 5.93. The SMILES string of the molecule is N=CC1=C(N)OC[C@H](NC(=O)c2cn(Cc3ccc(F)c(F)c3)cn2)C(=O)N1.